The molecule has 32 heavy (non-hydrogen) atoms. The number of ether oxygens (including phenoxy) is 1. The van der Waals surface area contributed by atoms with Crippen LogP contribution < -0.4 is 4.74 Å². The maximum absolute atomic E-state index is 13.3. The first-order chi connectivity index (χ1) is 15.1. The van der Waals surface area contributed by atoms with Crippen LogP contribution in [0.25, 0.3) is 10.9 Å². The molecule has 0 aliphatic carbocycles. The zero-order valence-corrected chi connectivity index (χ0v) is 17.5. The first-order valence-corrected chi connectivity index (χ1v) is 9.97. The van der Waals surface area contributed by atoms with Gasteiger partial charge in [0.15, 0.2) is 5.78 Å². The summed E-state index contributed by atoms with van der Waals surface area (Å²) in [6, 6.07) is 16.8. The van der Waals surface area contributed by atoms with Gasteiger partial charge in [-0.2, -0.15) is 0 Å². The fourth-order valence-corrected chi connectivity index (χ4v) is 3.85. The van der Waals surface area contributed by atoms with E-state index in [1.165, 1.54) is 24.3 Å². The lowest BCUT2D eigenvalue weighted by Gasteiger charge is -2.11. The highest BCUT2D eigenvalue weighted by Crippen LogP contribution is 2.33. The number of alkyl halides is 3. The predicted molar refractivity (Wildman–Crippen MR) is 115 cm³/mol. The average molecular weight is 460 g/mol. The summed E-state index contributed by atoms with van der Waals surface area (Å²) >= 11 is 5.92. The van der Waals surface area contributed by atoms with E-state index in [2.05, 4.69) is 4.74 Å². The van der Waals surface area contributed by atoms with E-state index in [1.807, 2.05) is 0 Å². The van der Waals surface area contributed by atoms with Crippen LogP contribution in [0, 0.1) is 6.92 Å². The number of fused-ring (bicyclic) bond motifs is 1. The van der Waals surface area contributed by atoms with Crippen molar-refractivity contribution in [2.75, 3.05) is 0 Å². The summed E-state index contributed by atoms with van der Waals surface area (Å²) in [5, 5.41) is 10.8. The van der Waals surface area contributed by atoms with Gasteiger partial charge in [0.1, 0.15) is 11.5 Å². The molecule has 0 amide bonds. The lowest BCUT2D eigenvalue weighted by molar-refractivity contribution is -0.274. The van der Waals surface area contributed by atoms with Crippen LogP contribution in [0.15, 0.2) is 66.7 Å². The van der Waals surface area contributed by atoms with E-state index >= 15 is 0 Å². The van der Waals surface area contributed by atoms with Gasteiger partial charge in [-0.15, -0.1) is 13.2 Å². The first kappa shape index (κ1) is 21.8. The highest BCUT2D eigenvalue weighted by atomic mass is 35.5. The van der Waals surface area contributed by atoms with Crippen LogP contribution in [0.2, 0.25) is 5.02 Å². The van der Waals surface area contributed by atoms with Crippen molar-refractivity contribution in [1.29, 1.82) is 0 Å². The molecule has 164 valence electrons. The second kappa shape index (κ2) is 8.24. The normalized spacial score (nSPS) is 11.7. The SMILES string of the molecule is Cc1c(C(=O)c2ccc(Cl)cc2)c2ccc(OC(F)(F)F)cc2n1Cc1cccc(O)c1. The number of aromatic hydroxyl groups is 1. The van der Waals surface area contributed by atoms with Gasteiger partial charge >= 0.3 is 6.36 Å². The molecule has 1 heterocycles. The van der Waals surface area contributed by atoms with Crippen LogP contribution in [-0.4, -0.2) is 21.8 Å². The maximum Gasteiger partial charge on any atom is 0.573 e. The minimum absolute atomic E-state index is 0.0650. The zero-order valence-electron chi connectivity index (χ0n) is 16.8. The van der Waals surface area contributed by atoms with Gasteiger partial charge < -0.3 is 14.4 Å². The molecule has 3 aromatic carbocycles. The number of rotatable bonds is 5. The molecule has 0 saturated heterocycles. The summed E-state index contributed by atoms with van der Waals surface area (Å²) in [6.07, 6.45) is -4.84. The largest absolute Gasteiger partial charge is 0.573 e. The van der Waals surface area contributed by atoms with Crippen molar-refractivity contribution in [2.45, 2.75) is 19.8 Å². The zero-order chi connectivity index (χ0) is 23.0. The van der Waals surface area contributed by atoms with Crippen molar-refractivity contribution < 1.29 is 27.8 Å². The number of hydrogen-bond acceptors (Lipinski definition) is 3. The number of halogens is 4. The summed E-state index contributed by atoms with van der Waals surface area (Å²) in [5.41, 5.74) is 2.49. The Morgan fingerprint density at radius 3 is 2.44 bits per heavy atom. The molecule has 0 bridgehead atoms. The van der Waals surface area contributed by atoms with Crippen LogP contribution in [0.3, 0.4) is 0 Å². The van der Waals surface area contributed by atoms with Gasteiger partial charge in [-0.25, -0.2) is 0 Å². The van der Waals surface area contributed by atoms with Gasteiger partial charge in [0.05, 0.1) is 11.1 Å². The molecule has 0 radical (unpaired) electrons. The van der Waals surface area contributed by atoms with Crippen LogP contribution in [0.5, 0.6) is 11.5 Å². The predicted octanol–water partition coefficient (Wildman–Crippen LogP) is 6.49. The van der Waals surface area contributed by atoms with Crippen molar-refractivity contribution in [3.05, 3.63) is 94.1 Å². The Bertz CT molecular complexity index is 1310. The molecule has 1 aromatic heterocycles. The fourth-order valence-electron chi connectivity index (χ4n) is 3.73. The molecule has 4 nitrogen and oxygen atoms in total. The summed E-state index contributed by atoms with van der Waals surface area (Å²) in [5.74, 6) is -0.594. The van der Waals surface area contributed by atoms with Crippen LogP contribution in [0.4, 0.5) is 13.2 Å². The van der Waals surface area contributed by atoms with E-state index < -0.39 is 6.36 Å². The van der Waals surface area contributed by atoms with Crippen molar-refractivity contribution >= 4 is 28.3 Å². The van der Waals surface area contributed by atoms with Crippen LogP contribution >= 0.6 is 11.6 Å². The third kappa shape index (κ3) is 4.43. The van der Waals surface area contributed by atoms with Gasteiger partial charge in [0.25, 0.3) is 0 Å². The topological polar surface area (TPSA) is 51.5 Å². The molecule has 0 unspecified atom stereocenters. The monoisotopic (exact) mass is 459 g/mol. The number of aromatic nitrogens is 1. The lowest BCUT2D eigenvalue weighted by atomic mass is 10.0. The van der Waals surface area contributed by atoms with Crippen molar-refractivity contribution in [3.63, 3.8) is 0 Å². The molecule has 0 fully saturated rings. The highest BCUT2D eigenvalue weighted by Gasteiger charge is 2.31. The number of hydrogen-bond donors (Lipinski definition) is 1. The number of phenols is 1. The van der Waals surface area contributed by atoms with Gasteiger partial charge in [-0.1, -0.05) is 23.7 Å². The second-order valence-electron chi connectivity index (χ2n) is 7.28. The summed E-state index contributed by atoms with van der Waals surface area (Å²) in [7, 11) is 0. The Morgan fingerprint density at radius 2 is 1.78 bits per heavy atom. The number of benzene rings is 3. The molecule has 0 saturated carbocycles. The third-order valence-corrected chi connectivity index (χ3v) is 5.37. The smallest absolute Gasteiger partial charge is 0.508 e. The Balaban J connectivity index is 1.89. The number of ketones is 1. The minimum Gasteiger partial charge on any atom is -0.508 e. The Hall–Kier alpha value is -3.45. The summed E-state index contributed by atoms with van der Waals surface area (Å²) in [6.45, 7) is 1.97. The standard InChI is InChI=1S/C24H17ClF3NO3/c1-14-22(23(31)16-5-7-17(25)8-6-16)20-10-9-19(32-24(26,27)28)12-21(20)29(14)13-15-3-2-4-18(30)11-15/h2-12,30H,13H2,1H3. The van der Waals surface area contributed by atoms with Gasteiger partial charge in [0, 0.05) is 34.3 Å². The number of carbonyl (C=O) groups excluding carboxylic acids is 1. The van der Waals surface area contributed by atoms with Crippen LogP contribution in [-0.2, 0) is 6.54 Å². The number of carbonyl (C=O) groups is 1. The van der Waals surface area contributed by atoms with E-state index in [0.717, 1.165) is 5.56 Å². The van der Waals surface area contributed by atoms with Crippen molar-refractivity contribution in [1.82, 2.24) is 4.57 Å². The van der Waals surface area contributed by atoms with Crippen LogP contribution in [0.1, 0.15) is 27.2 Å². The summed E-state index contributed by atoms with van der Waals surface area (Å²) < 4.78 is 44.2. The summed E-state index contributed by atoms with van der Waals surface area (Å²) in [4.78, 5) is 13.3. The molecule has 0 aliphatic heterocycles. The molecule has 0 aliphatic rings. The Labute approximate surface area is 186 Å². The van der Waals surface area contributed by atoms with E-state index in [-0.39, 0.29) is 23.8 Å². The fraction of sp³-hybridized carbons (Fsp3) is 0.125. The van der Waals surface area contributed by atoms with E-state index in [9.17, 15) is 23.1 Å². The molecule has 0 atom stereocenters. The molecular formula is C24H17ClF3NO3. The minimum atomic E-state index is -4.84. The average Bonchev–Trinajstić information content (AvgIpc) is 2.98. The molecule has 8 heteroatoms. The van der Waals surface area contributed by atoms with Crippen molar-refractivity contribution in [2.24, 2.45) is 0 Å². The quantitative estimate of drug-likeness (QED) is 0.347. The van der Waals surface area contributed by atoms with E-state index in [4.69, 9.17) is 11.6 Å². The third-order valence-electron chi connectivity index (χ3n) is 5.11. The second-order valence-corrected chi connectivity index (χ2v) is 7.72. The van der Waals surface area contributed by atoms with E-state index in [1.54, 1.807) is 54.0 Å². The van der Waals surface area contributed by atoms with Gasteiger partial charge in [-0.05, 0) is 61.0 Å². The molecule has 4 aromatic rings. The van der Waals surface area contributed by atoms with E-state index in [0.29, 0.717) is 32.7 Å². The Morgan fingerprint density at radius 1 is 1.06 bits per heavy atom. The number of phenolic OH excluding ortho intramolecular Hbond substituents is 1. The van der Waals surface area contributed by atoms with Crippen molar-refractivity contribution in [3.8, 4) is 11.5 Å². The molecule has 0 spiro atoms. The van der Waals surface area contributed by atoms with Gasteiger partial charge in [0.2, 0.25) is 0 Å². The maximum atomic E-state index is 13.3. The first-order valence-electron chi connectivity index (χ1n) is 9.59. The molecule has 1 N–H and O–H groups in total. The molecular weight excluding hydrogens is 443 g/mol. The van der Waals surface area contributed by atoms with Gasteiger partial charge in [-0.3, -0.25) is 4.79 Å². The Kier molecular flexibility index (Phi) is 5.60. The highest BCUT2D eigenvalue weighted by molar-refractivity contribution is 6.30. The molecule has 4 rings (SSSR count). The number of nitrogens with zero attached hydrogens (tertiary/aromatic N) is 1. The lowest BCUT2D eigenvalue weighted by Crippen LogP contribution is -2.17.